The van der Waals surface area contributed by atoms with Crippen LogP contribution in [0.3, 0.4) is 0 Å². The maximum atomic E-state index is 12.4. The third kappa shape index (κ3) is 4.07. The molecule has 26 heavy (non-hydrogen) atoms. The number of phenols is 2. The number of benzene rings is 2. The van der Waals surface area contributed by atoms with Crippen LogP contribution in [0.1, 0.15) is 66.6 Å². The molecule has 0 unspecified atom stereocenters. The molecule has 4 heteroatoms. The van der Waals surface area contributed by atoms with Crippen molar-refractivity contribution in [3.05, 3.63) is 58.7 Å². The van der Waals surface area contributed by atoms with Gasteiger partial charge in [-0.05, 0) is 59.9 Å². The molecule has 0 radical (unpaired) electrons. The highest BCUT2D eigenvalue weighted by Gasteiger charge is 2.21. The number of carbonyl (C=O) groups excluding carboxylic acids is 1. The fourth-order valence-electron chi connectivity index (χ4n) is 2.93. The zero-order valence-electron chi connectivity index (χ0n) is 15.9. The van der Waals surface area contributed by atoms with Crippen molar-refractivity contribution >= 4 is 11.9 Å². The largest absolute Gasteiger partial charge is 0.508 e. The quantitative estimate of drug-likeness (QED) is 0.549. The second-order valence-electron chi connectivity index (χ2n) is 6.90. The molecule has 0 saturated heterocycles. The maximum absolute atomic E-state index is 12.4. The first-order valence-corrected chi connectivity index (χ1v) is 8.71. The lowest BCUT2D eigenvalue weighted by Crippen LogP contribution is -2.02. The minimum atomic E-state index is -0.169. The molecular formula is C22H26O4. The minimum absolute atomic E-state index is 0.0728. The number of ketones is 1. The first kappa shape index (κ1) is 19.6. The maximum Gasteiger partial charge on any atom is 0.185 e. The Balaban J connectivity index is 2.50. The lowest BCUT2D eigenvalue weighted by molar-refractivity contribution is 0.104. The Hall–Kier alpha value is -2.75. The molecule has 0 aromatic heterocycles. The fourth-order valence-corrected chi connectivity index (χ4v) is 2.93. The number of hydrogen-bond donors (Lipinski definition) is 2. The molecular weight excluding hydrogens is 328 g/mol. The van der Waals surface area contributed by atoms with Crippen molar-refractivity contribution in [1.29, 1.82) is 0 Å². The number of phenolic OH excluding ortho intramolecular Hbond substituents is 2. The summed E-state index contributed by atoms with van der Waals surface area (Å²) < 4.78 is 5.55. The molecule has 2 N–H and O–H groups in total. The number of methoxy groups -OCH3 is 1. The Morgan fingerprint density at radius 1 is 1.04 bits per heavy atom. The van der Waals surface area contributed by atoms with Gasteiger partial charge in [0.15, 0.2) is 5.78 Å². The van der Waals surface area contributed by atoms with Gasteiger partial charge >= 0.3 is 0 Å². The summed E-state index contributed by atoms with van der Waals surface area (Å²) >= 11 is 0. The predicted molar refractivity (Wildman–Crippen MR) is 104 cm³/mol. The number of hydrogen-bond acceptors (Lipinski definition) is 4. The molecule has 138 valence electrons. The number of allylic oxidation sites excluding steroid dienone is 1. The van der Waals surface area contributed by atoms with Crippen LogP contribution in [0.5, 0.6) is 17.2 Å². The molecule has 0 atom stereocenters. The third-order valence-electron chi connectivity index (χ3n) is 4.32. The van der Waals surface area contributed by atoms with Gasteiger partial charge in [-0.15, -0.1) is 0 Å². The van der Waals surface area contributed by atoms with Crippen molar-refractivity contribution in [1.82, 2.24) is 0 Å². The van der Waals surface area contributed by atoms with E-state index in [9.17, 15) is 15.0 Å². The summed E-state index contributed by atoms with van der Waals surface area (Å²) in [6, 6.07) is 7.99. The van der Waals surface area contributed by atoms with Crippen molar-refractivity contribution in [2.24, 2.45) is 0 Å². The van der Waals surface area contributed by atoms with E-state index in [1.54, 1.807) is 25.3 Å². The molecule has 0 fully saturated rings. The molecule has 4 nitrogen and oxygen atoms in total. The van der Waals surface area contributed by atoms with Crippen molar-refractivity contribution in [2.45, 2.75) is 39.5 Å². The van der Waals surface area contributed by atoms with E-state index in [1.807, 2.05) is 33.8 Å². The Bertz CT molecular complexity index is 815. The van der Waals surface area contributed by atoms with Gasteiger partial charge in [-0.25, -0.2) is 0 Å². The molecule has 2 aromatic carbocycles. The monoisotopic (exact) mass is 354 g/mol. The van der Waals surface area contributed by atoms with Crippen LogP contribution in [0.15, 0.2) is 36.4 Å². The Labute approximate surface area is 154 Å². The molecule has 0 aliphatic heterocycles. The predicted octanol–water partition coefficient (Wildman–Crippen LogP) is 5.25. The van der Waals surface area contributed by atoms with Crippen LogP contribution < -0.4 is 4.74 Å². The molecule has 0 aliphatic rings. The zero-order chi connectivity index (χ0) is 19.4. The van der Waals surface area contributed by atoms with E-state index in [4.69, 9.17) is 4.74 Å². The van der Waals surface area contributed by atoms with E-state index in [-0.39, 0.29) is 29.1 Å². The molecule has 2 aromatic rings. The molecule has 0 aliphatic carbocycles. The second-order valence-corrected chi connectivity index (χ2v) is 6.90. The first-order valence-electron chi connectivity index (χ1n) is 8.71. The minimum Gasteiger partial charge on any atom is -0.508 e. The van der Waals surface area contributed by atoms with Crippen LogP contribution in [-0.4, -0.2) is 23.1 Å². The van der Waals surface area contributed by atoms with Crippen LogP contribution in [0.4, 0.5) is 0 Å². The average molecular weight is 354 g/mol. The summed E-state index contributed by atoms with van der Waals surface area (Å²) in [5, 5.41) is 20.0. The van der Waals surface area contributed by atoms with E-state index in [0.717, 1.165) is 16.7 Å². The SMILES string of the molecule is COc1c(/C=C/C(=O)c2ccc(O)cc2)cc(C(C)C)c(O)c1C(C)C. The average Bonchev–Trinajstić information content (AvgIpc) is 2.59. The van der Waals surface area contributed by atoms with Crippen molar-refractivity contribution in [2.75, 3.05) is 7.11 Å². The van der Waals surface area contributed by atoms with Crippen molar-refractivity contribution in [3.63, 3.8) is 0 Å². The first-order chi connectivity index (χ1) is 12.3. The van der Waals surface area contributed by atoms with E-state index in [0.29, 0.717) is 11.3 Å². The van der Waals surface area contributed by atoms with Crippen LogP contribution in [-0.2, 0) is 0 Å². The third-order valence-corrected chi connectivity index (χ3v) is 4.32. The van der Waals surface area contributed by atoms with Crippen LogP contribution in [0.25, 0.3) is 6.08 Å². The normalized spacial score (nSPS) is 11.5. The van der Waals surface area contributed by atoms with Gasteiger partial charge in [0.05, 0.1) is 7.11 Å². The van der Waals surface area contributed by atoms with E-state index < -0.39 is 0 Å². The van der Waals surface area contributed by atoms with Gasteiger partial charge in [0.25, 0.3) is 0 Å². The molecule has 0 bridgehead atoms. The van der Waals surface area contributed by atoms with Gasteiger partial charge in [-0.1, -0.05) is 27.7 Å². The van der Waals surface area contributed by atoms with Gasteiger partial charge in [0.1, 0.15) is 17.2 Å². The number of rotatable bonds is 6. The Morgan fingerprint density at radius 3 is 2.15 bits per heavy atom. The van der Waals surface area contributed by atoms with Crippen molar-refractivity contribution in [3.8, 4) is 17.2 Å². The number of ether oxygens (including phenoxy) is 1. The molecule has 0 heterocycles. The van der Waals surface area contributed by atoms with E-state index >= 15 is 0 Å². The number of aromatic hydroxyl groups is 2. The van der Waals surface area contributed by atoms with Crippen LogP contribution in [0.2, 0.25) is 0 Å². The molecule has 2 rings (SSSR count). The Morgan fingerprint density at radius 2 is 1.65 bits per heavy atom. The summed E-state index contributed by atoms with van der Waals surface area (Å²) in [5.41, 5.74) is 2.82. The van der Waals surface area contributed by atoms with Crippen molar-refractivity contribution < 1.29 is 19.7 Å². The van der Waals surface area contributed by atoms with Gasteiger partial charge < -0.3 is 14.9 Å². The topological polar surface area (TPSA) is 66.8 Å². The smallest absolute Gasteiger partial charge is 0.185 e. The highest BCUT2D eigenvalue weighted by atomic mass is 16.5. The van der Waals surface area contributed by atoms with E-state index in [2.05, 4.69) is 0 Å². The molecule has 0 saturated carbocycles. The summed E-state index contributed by atoms with van der Waals surface area (Å²) in [6.07, 6.45) is 3.20. The van der Waals surface area contributed by atoms with Gasteiger partial charge in [0.2, 0.25) is 0 Å². The fraction of sp³-hybridized carbons (Fsp3) is 0.318. The highest BCUT2D eigenvalue weighted by Crippen LogP contribution is 2.42. The highest BCUT2D eigenvalue weighted by molar-refractivity contribution is 6.07. The molecule has 0 amide bonds. The van der Waals surface area contributed by atoms with Gasteiger partial charge in [-0.2, -0.15) is 0 Å². The van der Waals surface area contributed by atoms with Crippen LogP contribution in [0, 0.1) is 0 Å². The van der Waals surface area contributed by atoms with E-state index in [1.165, 1.54) is 18.2 Å². The van der Waals surface area contributed by atoms with Gasteiger partial charge in [-0.3, -0.25) is 4.79 Å². The number of carbonyl (C=O) groups is 1. The lowest BCUT2D eigenvalue weighted by atomic mass is 9.90. The zero-order valence-corrected chi connectivity index (χ0v) is 15.9. The standard InChI is InChI=1S/C22H26O4/c1-13(2)18-12-16(22(26-5)20(14(3)4)21(18)25)8-11-19(24)15-6-9-17(23)10-7-15/h6-14,23,25H,1-5H3/b11-8+. The lowest BCUT2D eigenvalue weighted by Gasteiger charge is -2.20. The Kier molecular flexibility index (Phi) is 6.09. The summed E-state index contributed by atoms with van der Waals surface area (Å²) in [7, 11) is 1.56. The summed E-state index contributed by atoms with van der Waals surface area (Å²) in [4.78, 5) is 12.4. The summed E-state index contributed by atoms with van der Waals surface area (Å²) in [6.45, 7) is 8.02. The van der Waals surface area contributed by atoms with Gasteiger partial charge in [0, 0.05) is 16.7 Å². The summed E-state index contributed by atoms with van der Waals surface area (Å²) in [5.74, 6) is 0.999. The second kappa shape index (κ2) is 8.09. The van der Waals surface area contributed by atoms with Crippen LogP contribution >= 0.6 is 0 Å². The molecule has 0 spiro atoms.